The molecule has 0 unspecified atom stereocenters. The Bertz CT molecular complexity index is 42.9. The molecule has 0 aliphatic carbocycles. The fraction of sp³-hybridized carbons (Fsp3) is 0. The first kappa shape index (κ1) is 6.18. The number of halogens is 3. The summed E-state index contributed by atoms with van der Waals surface area (Å²) >= 11 is 9.03. The van der Waals surface area contributed by atoms with E-state index in [4.69, 9.17) is 0 Å². The van der Waals surface area contributed by atoms with Crippen LogP contribution in [-0.2, 0) is 0 Å². The van der Waals surface area contributed by atoms with Crippen molar-refractivity contribution in [1.29, 1.82) is 0 Å². The highest BCUT2D eigenvalue weighted by atomic mass is 79.9. The first-order chi connectivity index (χ1) is 2.27. The third-order valence-corrected chi connectivity index (χ3v) is 1.93. The highest BCUT2D eigenvalue weighted by Crippen LogP contribution is 2.12. The molecule has 0 nitrogen and oxygen atoms in total. The van der Waals surface area contributed by atoms with E-state index in [-0.39, 0.29) is 0 Å². The molecular weight excluding hydrogens is 264 g/mol. The summed E-state index contributed by atoms with van der Waals surface area (Å²) in [7, 11) is 0. The number of rotatable bonds is 0. The van der Waals surface area contributed by atoms with Gasteiger partial charge in [0.2, 0.25) is 0 Å². The molecule has 0 heterocycles. The molecule has 0 N–H and O–H groups in total. The zero-order chi connectivity index (χ0) is 4.28. The van der Waals surface area contributed by atoms with Crippen molar-refractivity contribution < 1.29 is 0 Å². The molecule has 0 aromatic carbocycles. The van der Waals surface area contributed by atoms with Crippen LogP contribution in [0.15, 0.2) is 3.39 Å². The Balaban J connectivity index is 3.14. The summed E-state index contributed by atoms with van der Waals surface area (Å²) in [6.07, 6.45) is 0. The Kier molecular flexibility index (Phi) is 4.17. The maximum absolute atomic E-state index is 3.05. The van der Waals surface area contributed by atoms with Crippen LogP contribution in [0, 0.1) is 4.99 Å². The molecule has 1 radical (unpaired) electrons. The van der Waals surface area contributed by atoms with E-state index in [1.807, 2.05) is 0 Å². The second-order valence-electron chi connectivity index (χ2n) is 0.355. The van der Waals surface area contributed by atoms with Crippen LogP contribution in [-0.4, -0.2) is 0 Å². The summed E-state index contributed by atoms with van der Waals surface area (Å²) in [6, 6.07) is 0. The van der Waals surface area contributed by atoms with Crippen molar-refractivity contribution in [3.8, 4) is 0 Å². The van der Waals surface area contributed by atoms with Crippen molar-refractivity contribution in [3.63, 3.8) is 0 Å². The molecule has 0 aromatic rings. The minimum absolute atomic E-state index is 0.796. The molecule has 29 valence electrons. The zero-order valence-electron chi connectivity index (χ0n) is 2.13. The van der Waals surface area contributed by atoms with Gasteiger partial charge in [-0.1, -0.05) is 0 Å². The lowest BCUT2D eigenvalue weighted by Gasteiger charge is -1.64. The smallest absolute Gasteiger partial charge is 0.0477 e. The van der Waals surface area contributed by atoms with Crippen molar-refractivity contribution in [2.24, 2.45) is 0 Å². The van der Waals surface area contributed by atoms with Gasteiger partial charge < -0.3 is 0 Å². The molecule has 0 aliphatic rings. The van der Waals surface area contributed by atoms with Gasteiger partial charge in [-0.15, -0.1) is 0 Å². The molecule has 0 spiro atoms. The van der Waals surface area contributed by atoms with Crippen LogP contribution in [0.2, 0.25) is 0 Å². The fourth-order valence-electron chi connectivity index (χ4n) is 0. The predicted octanol–water partition coefficient (Wildman–Crippen LogP) is 2.77. The molecule has 0 aromatic heterocycles. The SMILES string of the molecule is Br[C]=C(Br)Br. The van der Waals surface area contributed by atoms with Gasteiger partial charge in [0.05, 0.1) is 8.38 Å². The van der Waals surface area contributed by atoms with Crippen molar-refractivity contribution in [3.05, 3.63) is 8.38 Å². The topological polar surface area (TPSA) is 0 Å². The predicted molar refractivity (Wildman–Crippen MR) is 33.5 cm³/mol. The summed E-state index contributed by atoms with van der Waals surface area (Å²) in [5, 5.41) is 0. The van der Waals surface area contributed by atoms with Crippen LogP contribution in [0.5, 0.6) is 0 Å². The Hall–Kier alpha value is 1.18. The lowest BCUT2D eigenvalue weighted by atomic mass is 11.3. The molecule has 0 saturated carbocycles. The summed E-state index contributed by atoms with van der Waals surface area (Å²) in [5.41, 5.74) is 0. The van der Waals surface area contributed by atoms with Crippen molar-refractivity contribution >= 4 is 47.8 Å². The Labute approximate surface area is 56.0 Å². The molecule has 0 amide bonds. The summed E-state index contributed by atoms with van der Waals surface area (Å²) < 4.78 is 0.796. The molecule has 5 heavy (non-hydrogen) atoms. The van der Waals surface area contributed by atoms with E-state index in [1.165, 1.54) is 0 Å². The van der Waals surface area contributed by atoms with E-state index in [1.54, 1.807) is 0 Å². The first-order valence-electron chi connectivity index (χ1n) is 0.817. The lowest BCUT2D eigenvalue weighted by Crippen LogP contribution is -1.31. The fourth-order valence-corrected chi connectivity index (χ4v) is 0. The van der Waals surface area contributed by atoms with Crippen LogP contribution in [0.1, 0.15) is 0 Å². The molecule has 0 atom stereocenters. The van der Waals surface area contributed by atoms with Crippen LogP contribution in [0.3, 0.4) is 0 Å². The van der Waals surface area contributed by atoms with Crippen molar-refractivity contribution in [2.45, 2.75) is 0 Å². The van der Waals surface area contributed by atoms with Gasteiger partial charge in [0.15, 0.2) is 0 Å². The monoisotopic (exact) mass is 261 g/mol. The Morgan fingerprint density at radius 1 is 1.40 bits per heavy atom. The maximum Gasteiger partial charge on any atom is 0.0758 e. The average Bonchev–Trinajstić information content (AvgIpc) is 1.38. The van der Waals surface area contributed by atoms with Crippen molar-refractivity contribution in [1.82, 2.24) is 0 Å². The van der Waals surface area contributed by atoms with Crippen LogP contribution >= 0.6 is 47.8 Å². The standard InChI is InChI=1S/C2Br3/c3-1-2(4)5. The van der Waals surface area contributed by atoms with E-state index in [0.717, 1.165) is 3.39 Å². The minimum Gasteiger partial charge on any atom is -0.0477 e. The third kappa shape index (κ3) is 5.18. The van der Waals surface area contributed by atoms with E-state index >= 15 is 0 Å². The van der Waals surface area contributed by atoms with Crippen LogP contribution in [0.25, 0.3) is 0 Å². The highest BCUT2D eigenvalue weighted by Gasteiger charge is 1.70. The van der Waals surface area contributed by atoms with Crippen LogP contribution in [0.4, 0.5) is 0 Å². The van der Waals surface area contributed by atoms with Gasteiger partial charge in [0.1, 0.15) is 0 Å². The van der Waals surface area contributed by atoms with Gasteiger partial charge in [-0.2, -0.15) is 0 Å². The number of hydrogen-bond donors (Lipinski definition) is 0. The van der Waals surface area contributed by atoms with E-state index in [0.29, 0.717) is 0 Å². The molecule has 0 saturated heterocycles. The lowest BCUT2D eigenvalue weighted by molar-refractivity contribution is 2.44. The van der Waals surface area contributed by atoms with Crippen LogP contribution < -0.4 is 0 Å². The van der Waals surface area contributed by atoms with E-state index < -0.39 is 0 Å². The maximum atomic E-state index is 3.05. The minimum atomic E-state index is 0.796. The van der Waals surface area contributed by atoms with Gasteiger partial charge in [-0.05, 0) is 47.8 Å². The molecular formula is C2Br3. The van der Waals surface area contributed by atoms with E-state index in [2.05, 4.69) is 52.8 Å². The summed E-state index contributed by atoms with van der Waals surface area (Å²) in [4.78, 5) is 2.59. The molecule has 0 fully saturated rings. The Morgan fingerprint density at radius 3 is 1.60 bits per heavy atom. The van der Waals surface area contributed by atoms with Crippen molar-refractivity contribution in [2.75, 3.05) is 0 Å². The number of hydrogen-bond acceptors (Lipinski definition) is 0. The zero-order valence-corrected chi connectivity index (χ0v) is 6.89. The first-order valence-corrected chi connectivity index (χ1v) is 3.20. The highest BCUT2D eigenvalue weighted by molar-refractivity contribution is 9.28. The second kappa shape index (κ2) is 3.37. The molecule has 3 heteroatoms. The van der Waals surface area contributed by atoms with Gasteiger partial charge in [-0.3, -0.25) is 0 Å². The van der Waals surface area contributed by atoms with Gasteiger partial charge in [-0.25, -0.2) is 0 Å². The normalized spacial score (nSPS) is 7.00. The largest absolute Gasteiger partial charge is 0.0758 e. The molecule has 0 bridgehead atoms. The van der Waals surface area contributed by atoms with Gasteiger partial charge in [0.25, 0.3) is 0 Å². The third-order valence-electron chi connectivity index (χ3n) is 0.0714. The summed E-state index contributed by atoms with van der Waals surface area (Å²) in [6.45, 7) is 0. The molecule has 0 rings (SSSR count). The second-order valence-corrected chi connectivity index (χ2v) is 3.40. The quantitative estimate of drug-likeness (QED) is 0.631. The Morgan fingerprint density at radius 2 is 1.60 bits per heavy atom. The average molecular weight is 264 g/mol. The van der Waals surface area contributed by atoms with E-state index in [9.17, 15) is 0 Å². The van der Waals surface area contributed by atoms with Gasteiger partial charge >= 0.3 is 0 Å². The summed E-state index contributed by atoms with van der Waals surface area (Å²) in [5.74, 6) is 0. The molecule has 0 aliphatic heterocycles. The van der Waals surface area contributed by atoms with Gasteiger partial charge in [0, 0.05) is 0 Å².